The number of Topliss-reactive ketones (excluding diaryl/α,β-unsaturated/α-hetero) is 1. The standard InChI is InChI=1S/C20H18BrNO5/c1-11-18(13-6-4-5-7-14(13)22-11)15(23)10-27-20(24)12-8-16(25-2)19(21)17(9-12)26-3/h4-9,22H,10H2,1-3H3. The normalized spacial score (nSPS) is 10.7. The van der Waals surface area contributed by atoms with E-state index in [0.29, 0.717) is 21.5 Å². The van der Waals surface area contributed by atoms with Gasteiger partial charge in [0.05, 0.1) is 19.8 Å². The van der Waals surface area contributed by atoms with Crippen molar-refractivity contribution < 1.29 is 23.8 Å². The van der Waals surface area contributed by atoms with E-state index in [9.17, 15) is 9.59 Å². The Morgan fingerprint density at radius 1 is 1.07 bits per heavy atom. The predicted molar refractivity (Wildman–Crippen MR) is 105 cm³/mol. The number of rotatable bonds is 6. The smallest absolute Gasteiger partial charge is 0.338 e. The minimum atomic E-state index is -0.634. The van der Waals surface area contributed by atoms with E-state index in [2.05, 4.69) is 20.9 Å². The van der Waals surface area contributed by atoms with Crippen LogP contribution in [-0.2, 0) is 4.74 Å². The first kappa shape index (κ1) is 19.0. The van der Waals surface area contributed by atoms with Crippen molar-refractivity contribution in [1.29, 1.82) is 0 Å². The monoisotopic (exact) mass is 431 g/mol. The number of halogens is 1. The molecule has 0 bridgehead atoms. The molecule has 0 unspecified atom stereocenters. The number of aromatic nitrogens is 1. The summed E-state index contributed by atoms with van der Waals surface area (Å²) in [6.45, 7) is 1.46. The van der Waals surface area contributed by atoms with Gasteiger partial charge in [-0.05, 0) is 41.1 Å². The Kier molecular flexibility index (Phi) is 5.51. The Labute approximate surface area is 164 Å². The molecule has 27 heavy (non-hydrogen) atoms. The number of methoxy groups -OCH3 is 2. The third-order valence-corrected chi connectivity index (χ3v) is 4.97. The van der Waals surface area contributed by atoms with Crippen LogP contribution in [-0.4, -0.2) is 37.6 Å². The number of H-pyrrole nitrogens is 1. The third-order valence-electron chi connectivity index (χ3n) is 4.19. The first-order valence-electron chi connectivity index (χ1n) is 8.15. The molecule has 1 N–H and O–H groups in total. The maximum atomic E-state index is 12.6. The predicted octanol–water partition coefficient (Wildman–Crippen LogP) is 4.30. The molecule has 140 valence electrons. The number of aryl methyl sites for hydroxylation is 1. The fraction of sp³-hybridized carbons (Fsp3) is 0.200. The molecular weight excluding hydrogens is 414 g/mol. The van der Waals surface area contributed by atoms with Gasteiger partial charge in [0.1, 0.15) is 16.0 Å². The fourth-order valence-corrected chi connectivity index (χ4v) is 3.46. The molecule has 0 aliphatic heterocycles. The summed E-state index contributed by atoms with van der Waals surface area (Å²) >= 11 is 3.34. The molecule has 0 spiro atoms. The van der Waals surface area contributed by atoms with Crippen LogP contribution in [0.1, 0.15) is 26.4 Å². The summed E-state index contributed by atoms with van der Waals surface area (Å²) in [5.74, 6) is -0.0421. The van der Waals surface area contributed by atoms with E-state index in [1.807, 2.05) is 31.2 Å². The summed E-state index contributed by atoms with van der Waals surface area (Å²) in [6.07, 6.45) is 0. The van der Waals surface area contributed by atoms with E-state index in [-0.39, 0.29) is 18.0 Å². The summed E-state index contributed by atoms with van der Waals surface area (Å²) in [4.78, 5) is 28.2. The van der Waals surface area contributed by atoms with Crippen LogP contribution in [0.25, 0.3) is 10.9 Å². The lowest BCUT2D eigenvalue weighted by atomic mass is 10.1. The number of esters is 1. The van der Waals surface area contributed by atoms with Gasteiger partial charge in [-0.15, -0.1) is 0 Å². The van der Waals surface area contributed by atoms with E-state index in [1.54, 1.807) is 0 Å². The van der Waals surface area contributed by atoms with Crippen molar-refractivity contribution in [3.63, 3.8) is 0 Å². The van der Waals surface area contributed by atoms with Crippen LogP contribution in [0.5, 0.6) is 11.5 Å². The van der Waals surface area contributed by atoms with Gasteiger partial charge in [0, 0.05) is 22.2 Å². The van der Waals surface area contributed by atoms with Gasteiger partial charge in [0.2, 0.25) is 5.78 Å². The third kappa shape index (κ3) is 3.68. The SMILES string of the molecule is COc1cc(C(=O)OCC(=O)c2c(C)[nH]c3ccccc23)cc(OC)c1Br. The van der Waals surface area contributed by atoms with Crippen molar-refractivity contribution in [2.24, 2.45) is 0 Å². The zero-order valence-corrected chi connectivity index (χ0v) is 16.7. The van der Waals surface area contributed by atoms with Gasteiger partial charge in [-0.3, -0.25) is 4.79 Å². The molecule has 1 heterocycles. The lowest BCUT2D eigenvalue weighted by molar-refractivity contribution is 0.0474. The van der Waals surface area contributed by atoms with Gasteiger partial charge in [-0.25, -0.2) is 4.79 Å². The van der Waals surface area contributed by atoms with E-state index in [1.165, 1.54) is 26.4 Å². The number of ether oxygens (including phenoxy) is 3. The molecule has 3 aromatic rings. The summed E-state index contributed by atoms with van der Waals surface area (Å²) in [5, 5.41) is 0.808. The van der Waals surface area contributed by atoms with Crippen LogP contribution < -0.4 is 9.47 Å². The van der Waals surface area contributed by atoms with Gasteiger partial charge >= 0.3 is 5.97 Å². The van der Waals surface area contributed by atoms with Crippen LogP contribution in [0.15, 0.2) is 40.9 Å². The lowest BCUT2D eigenvalue weighted by Gasteiger charge is -2.11. The maximum absolute atomic E-state index is 12.6. The molecule has 6 nitrogen and oxygen atoms in total. The molecule has 0 aliphatic carbocycles. The van der Waals surface area contributed by atoms with E-state index in [4.69, 9.17) is 14.2 Å². The first-order chi connectivity index (χ1) is 13.0. The zero-order valence-electron chi connectivity index (χ0n) is 15.1. The molecule has 0 radical (unpaired) electrons. The van der Waals surface area contributed by atoms with Gasteiger partial charge in [-0.1, -0.05) is 18.2 Å². The molecular formula is C20H18BrNO5. The molecule has 0 atom stereocenters. The lowest BCUT2D eigenvalue weighted by Crippen LogP contribution is -2.15. The average Bonchev–Trinajstić information content (AvgIpc) is 3.01. The summed E-state index contributed by atoms with van der Waals surface area (Å²) in [5.41, 5.74) is 2.37. The van der Waals surface area contributed by atoms with Crippen molar-refractivity contribution in [3.05, 3.63) is 57.7 Å². The zero-order chi connectivity index (χ0) is 19.6. The number of aromatic amines is 1. The largest absolute Gasteiger partial charge is 0.495 e. The van der Waals surface area contributed by atoms with Crippen molar-refractivity contribution >= 4 is 38.6 Å². The topological polar surface area (TPSA) is 77.6 Å². The second-order valence-corrected chi connectivity index (χ2v) is 6.66. The first-order valence-corrected chi connectivity index (χ1v) is 8.94. The van der Waals surface area contributed by atoms with Crippen molar-refractivity contribution in [2.45, 2.75) is 6.92 Å². The fourth-order valence-electron chi connectivity index (χ4n) is 2.91. The summed E-state index contributed by atoms with van der Waals surface area (Å²) in [7, 11) is 2.97. The number of benzene rings is 2. The van der Waals surface area contributed by atoms with E-state index < -0.39 is 5.97 Å². The molecule has 7 heteroatoms. The molecule has 2 aromatic carbocycles. The Bertz CT molecular complexity index is 999. The number of nitrogens with one attached hydrogen (secondary N) is 1. The van der Waals surface area contributed by atoms with Crippen LogP contribution in [0.3, 0.4) is 0 Å². The van der Waals surface area contributed by atoms with Gasteiger partial charge in [0.15, 0.2) is 6.61 Å². The summed E-state index contributed by atoms with van der Waals surface area (Å²) in [6, 6.07) is 10.6. The molecule has 0 saturated heterocycles. The van der Waals surface area contributed by atoms with Crippen molar-refractivity contribution in [1.82, 2.24) is 4.98 Å². The summed E-state index contributed by atoms with van der Waals surface area (Å²) < 4.78 is 16.3. The molecule has 0 aliphatic rings. The van der Waals surface area contributed by atoms with Crippen LogP contribution in [0.2, 0.25) is 0 Å². The molecule has 1 aromatic heterocycles. The number of hydrogen-bond acceptors (Lipinski definition) is 5. The number of para-hydroxylation sites is 1. The highest BCUT2D eigenvalue weighted by molar-refractivity contribution is 9.10. The number of ketones is 1. The average molecular weight is 432 g/mol. The van der Waals surface area contributed by atoms with Crippen molar-refractivity contribution in [3.8, 4) is 11.5 Å². The van der Waals surface area contributed by atoms with E-state index >= 15 is 0 Å². The van der Waals surface area contributed by atoms with Gasteiger partial charge in [0.25, 0.3) is 0 Å². The highest BCUT2D eigenvalue weighted by atomic mass is 79.9. The molecule has 0 fully saturated rings. The Morgan fingerprint density at radius 2 is 1.70 bits per heavy atom. The Balaban J connectivity index is 1.79. The highest BCUT2D eigenvalue weighted by Gasteiger charge is 2.20. The Hall–Kier alpha value is -2.80. The van der Waals surface area contributed by atoms with Gasteiger partial charge < -0.3 is 19.2 Å². The van der Waals surface area contributed by atoms with Crippen LogP contribution in [0, 0.1) is 6.92 Å². The maximum Gasteiger partial charge on any atom is 0.338 e. The molecule has 3 rings (SSSR count). The Morgan fingerprint density at radius 3 is 2.33 bits per heavy atom. The van der Waals surface area contributed by atoms with Crippen molar-refractivity contribution in [2.75, 3.05) is 20.8 Å². The second kappa shape index (κ2) is 7.84. The molecule has 0 saturated carbocycles. The number of fused-ring (bicyclic) bond motifs is 1. The molecule has 0 amide bonds. The van der Waals surface area contributed by atoms with Crippen LogP contribution in [0.4, 0.5) is 0 Å². The highest BCUT2D eigenvalue weighted by Crippen LogP contribution is 2.35. The van der Waals surface area contributed by atoms with E-state index in [0.717, 1.165) is 16.6 Å². The number of carbonyl (C=O) groups excluding carboxylic acids is 2. The quantitative estimate of drug-likeness (QED) is 0.465. The number of carbonyl (C=O) groups is 2. The minimum Gasteiger partial charge on any atom is -0.495 e. The second-order valence-electron chi connectivity index (χ2n) is 5.86. The minimum absolute atomic E-state index is 0.232. The van der Waals surface area contributed by atoms with Gasteiger partial charge in [-0.2, -0.15) is 0 Å². The number of hydrogen-bond donors (Lipinski definition) is 1. The van der Waals surface area contributed by atoms with Crippen LogP contribution >= 0.6 is 15.9 Å².